The fourth-order valence-corrected chi connectivity index (χ4v) is 1.82. The summed E-state index contributed by atoms with van der Waals surface area (Å²) < 4.78 is 0. The number of para-hydroxylation sites is 1. The van der Waals surface area contributed by atoms with Crippen LogP contribution in [0.4, 0.5) is 11.5 Å². The zero-order chi connectivity index (χ0) is 12.4. The molecular formula is C13H9ClN4. The Morgan fingerprint density at radius 1 is 0.944 bits per heavy atom. The largest absolute Gasteiger partial charge is 0.340 e. The van der Waals surface area contributed by atoms with E-state index < -0.39 is 0 Å². The molecule has 3 aromatic rings. The highest BCUT2D eigenvalue weighted by Gasteiger charge is 2.05. The van der Waals surface area contributed by atoms with Crippen molar-refractivity contribution in [3.63, 3.8) is 0 Å². The highest BCUT2D eigenvalue weighted by molar-refractivity contribution is 6.29. The van der Waals surface area contributed by atoms with Gasteiger partial charge < -0.3 is 5.32 Å². The van der Waals surface area contributed by atoms with Gasteiger partial charge in [-0.3, -0.25) is 0 Å². The molecule has 0 fully saturated rings. The second-order valence-electron chi connectivity index (χ2n) is 3.72. The first-order chi connectivity index (χ1) is 8.83. The van der Waals surface area contributed by atoms with Crippen LogP contribution in [0.2, 0.25) is 5.15 Å². The summed E-state index contributed by atoms with van der Waals surface area (Å²) in [7, 11) is 0. The van der Waals surface area contributed by atoms with Gasteiger partial charge in [-0.25, -0.2) is 15.0 Å². The molecule has 88 valence electrons. The van der Waals surface area contributed by atoms with E-state index in [0.717, 1.165) is 16.9 Å². The SMILES string of the molecule is Clc1ccc2c(Nc3ccccc3)ncnc2n1. The summed E-state index contributed by atoms with van der Waals surface area (Å²) in [5.74, 6) is 0.718. The van der Waals surface area contributed by atoms with Crippen LogP contribution in [0.3, 0.4) is 0 Å². The Morgan fingerprint density at radius 3 is 2.61 bits per heavy atom. The van der Waals surface area contributed by atoms with Gasteiger partial charge >= 0.3 is 0 Å². The van der Waals surface area contributed by atoms with Gasteiger partial charge in [0, 0.05) is 5.69 Å². The van der Waals surface area contributed by atoms with Crippen LogP contribution in [0.15, 0.2) is 48.8 Å². The van der Waals surface area contributed by atoms with Crippen molar-refractivity contribution in [1.82, 2.24) is 15.0 Å². The molecule has 0 amide bonds. The maximum atomic E-state index is 5.84. The molecule has 0 aliphatic heterocycles. The molecule has 2 heterocycles. The van der Waals surface area contributed by atoms with Gasteiger partial charge in [0.05, 0.1) is 5.39 Å². The Hall–Kier alpha value is -2.20. The van der Waals surface area contributed by atoms with Gasteiger partial charge in [-0.2, -0.15) is 0 Å². The van der Waals surface area contributed by atoms with Gasteiger partial charge in [-0.1, -0.05) is 29.8 Å². The third-order valence-corrected chi connectivity index (χ3v) is 2.71. The molecule has 1 N–H and O–H groups in total. The average molecular weight is 257 g/mol. The fraction of sp³-hybridized carbons (Fsp3) is 0. The standard InChI is InChI=1S/C13H9ClN4/c14-11-7-6-10-12(15-8-16-13(10)18-11)17-9-4-2-1-3-5-9/h1-8H,(H,15,16,17,18). The van der Waals surface area contributed by atoms with Gasteiger partial charge in [0.15, 0.2) is 5.65 Å². The molecule has 2 aromatic heterocycles. The first-order valence-corrected chi connectivity index (χ1v) is 5.80. The molecule has 1 aromatic carbocycles. The first kappa shape index (κ1) is 10.9. The lowest BCUT2D eigenvalue weighted by Gasteiger charge is -2.07. The van der Waals surface area contributed by atoms with E-state index in [-0.39, 0.29) is 0 Å². The number of fused-ring (bicyclic) bond motifs is 1. The van der Waals surface area contributed by atoms with Gasteiger partial charge in [0.25, 0.3) is 0 Å². The molecule has 5 heteroatoms. The zero-order valence-corrected chi connectivity index (χ0v) is 10.1. The summed E-state index contributed by atoms with van der Waals surface area (Å²) in [6, 6.07) is 13.4. The Bertz CT molecular complexity index is 685. The van der Waals surface area contributed by atoms with Crippen LogP contribution in [0, 0.1) is 0 Å². The number of benzene rings is 1. The number of aromatic nitrogens is 3. The number of hydrogen-bond acceptors (Lipinski definition) is 4. The summed E-state index contributed by atoms with van der Waals surface area (Å²) in [6.45, 7) is 0. The summed E-state index contributed by atoms with van der Waals surface area (Å²) >= 11 is 5.84. The Balaban J connectivity index is 2.07. The van der Waals surface area contributed by atoms with Crippen LogP contribution in [0.5, 0.6) is 0 Å². The van der Waals surface area contributed by atoms with Gasteiger partial charge in [-0.15, -0.1) is 0 Å². The number of hydrogen-bond donors (Lipinski definition) is 1. The number of nitrogens with zero attached hydrogens (tertiary/aromatic N) is 3. The van der Waals surface area contributed by atoms with Crippen molar-refractivity contribution >= 4 is 34.1 Å². The fourth-order valence-electron chi connectivity index (χ4n) is 1.68. The molecule has 0 saturated carbocycles. The van der Waals surface area contributed by atoms with Crippen LogP contribution >= 0.6 is 11.6 Å². The number of rotatable bonds is 2. The lowest BCUT2D eigenvalue weighted by Crippen LogP contribution is -1.96. The third-order valence-electron chi connectivity index (χ3n) is 2.50. The second kappa shape index (κ2) is 4.58. The number of anilines is 2. The van der Waals surface area contributed by atoms with Crippen molar-refractivity contribution in [1.29, 1.82) is 0 Å². The van der Waals surface area contributed by atoms with E-state index in [9.17, 15) is 0 Å². The van der Waals surface area contributed by atoms with Crippen molar-refractivity contribution in [2.75, 3.05) is 5.32 Å². The van der Waals surface area contributed by atoms with Crippen molar-refractivity contribution in [3.8, 4) is 0 Å². The minimum absolute atomic E-state index is 0.423. The maximum Gasteiger partial charge on any atom is 0.166 e. The molecular weight excluding hydrogens is 248 g/mol. The molecule has 0 aliphatic carbocycles. The molecule has 0 unspecified atom stereocenters. The molecule has 3 rings (SSSR count). The average Bonchev–Trinajstić information content (AvgIpc) is 2.40. The lowest BCUT2D eigenvalue weighted by atomic mass is 10.3. The normalized spacial score (nSPS) is 10.5. The maximum absolute atomic E-state index is 5.84. The number of halogens is 1. The van der Waals surface area contributed by atoms with E-state index in [0.29, 0.717) is 10.8 Å². The van der Waals surface area contributed by atoms with Crippen molar-refractivity contribution in [2.24, 2.45) is 0 Å². The first-order valence-electron chi connectivity index (χ1n) is 5.42. The van der Waals surface area contributed by atoms with Crippen molar-refractivity contribution in [3.05, 3.63) is 53.9 Å². The zero-order valence-electron chi connectivity index (χ0n) is 9.34. The topological polar surface area (TPSA) is 50.7 Å². The molecule has 18 heavy (non-hydrogen) atoms. The molecule has 4 nitrogen and oxygen atoms in total. The Morgan fingerprint density at radius 2 is 1.78 bits per heavy atom. The summed E-state index contributed by atoms with van der Waals surface area (Å²) in [6.07, 6.45) is 1.47. The van der Waals surface area contributed by atoms with E-state index in [1.165, 1.54) is 6.33 Å². The minimum Gasteiger partial charge on any atom is -0.340 e. The van der Waals surface area contributed by atoms with E-state index in [4.69, 9.17) is 11.6 Å². The summed E-state index contributed by atoms with van der Waals surface area (Å²) in [5.41, 5.74) is 1.54. The molecule has 0 spiro atoms. The van der Waals surface area contributed by atoms with E-state index in [2.05, 4.69) is 20.3 Å². The van der Waals surface area contributed by atoms with Crippen LogP contribution in [0.1, 0.15) is 0 Å². The number of nitrogens with one attached hydrogen (secondary N) is 1. The van der Waals surface area contributed by atoms with E-state index in [1.54, 1.807) is 6.07 Å². The van der Waals surface area contributed by atoms with Gasteiger partial charge in [-0.05, 0) is 24.3 Å². The van der Waals surface area contributed by atoms with Crippen molar-refractivity contribution in [2.45, 2.75) is 0 Å². The molecule has 0 aliphatic rings. The van der Waals surface area contributed by atoms with Crippen LogP contribution in [-0.4, -0.2) is 15.0 Å². The van der Waals surface area contributed by atoms with E-state index in [1.807, 2.05) is 36.4 Å². The lowest BCUT2D eigenvalue weighted by molar-refractivity contribution is 1.18. The Labute approximate surface area is 109 Å². The predicted molar refractivity (Wildman–Crippen MR) is 72.1 cm³/mol. The van der Waals surface area contributed by atoms with Crippen LogP contribution in [0.25, 0.3) is 11.0 Å². The molecule has 0 bridgehead atoms. The summed E-state index contributed by atoms with van der Waals surface area (Å²) in [4.78, 5) is 12.5. The van der Waals surface area contributed by atoms with Crippen LogP contribution in [-0.2, 0) is 0 Å². The quantitative estimate of drug-likeness (QED) is 0.714. The minimum atomic E-state index is 0.423. The highest BCUT2D eigenvalue weighted by Crippen LogP contribution is 2.22. The predicted octanol–water partition coefficient (Wildman–Crippen LogP) is 3.42. The number of pyridine rings is 1. The van der Waals surface area contributed by atoms with Gasteiger partial charge in [0.1, 0.15) is 17.3 Å². The third kappa shape index (κ3) is 2.10. The van der Waals surface area contributed by atoms with Crippen LogP contribution < -0.4 is 5.32 Å². The Kier molecular flexibility index (Phi) is 2.78. The monoisotopic (exact) mass is 256 g/mol. The molecule has 0 atom stereocenters. The second-order valence-corrected chi connectivity index (χ2v) is 4.11. The van der Waals surface area contributed by atoms with E-state index >= 15 is 0 Å². The molecule has 0 saturated heterocycles. The van der Waals surface area contributed by atoms with Crippen molar-refractivity contribution < 1.29 is 0 Å². The smallest absolute Gasteiger partial charge is 0.166 e. The van der Waals surface area contributed by atoms with Gasteiger partial charge in [0.2, 0.25) is 0 Å². The molecule has 0 radical (unpaired) electrons. The highest BCUT2D eigenvalue weighted by atomic mass is 35.5. The summed E-state index contributed by atoms with van der Waals surface area (Å²) in [5, 5.41) is 4.49.